The molecule has 1 atom stereocenters. The average molecular weight is 313 g/mol. The molecule has 0 radical (unpaired) electrons. The second kappa shape index (κ2) is 5.61. The number of H-pyrrole nitrogens is 1. The monoisotopic (exact) mass is 312 g/mol. The summed E-state index contributed by atoms with van der Waals surface area (Å²) in [5.41, 5.74) is 2.40. The standard InChI is InChI=1S/C17H17ClN4/c18-14-3-1-12(2-4-14)9-13-6-8-22(11-13)17-15-10-20-21-16(15)5-7-19-17/h1-5,7,10,13H,6,8-9,11H2,(H,20,21). The van der Waals surface area contributed by atoms with E-state index in [0.29, 0.717) is 5.92 Å². The molecule has 1 fully saturated rings. The second-order valence-electron chi connectivity index (χ2n) is 5.90. The molecule has 3 heterocycles. The van der Waals surface area contributed by atoms with E-state index in [1.807, 2.05) is 30.6 Å². The van der Waals surface area contributed by atoms with Gasteiger partial charge in [-0.3, -0.25) is 5.10 Å². The Bertz CT molecular complexity index is 781. The van der Waals surface area contributed by atoms with Gasteiger partial charge in [0.15, 0.2) is 0 Å². The molecular formula is C17H17ClN4. The Labute approximate surface area is 134 Å². The van der Waals surface area contributed by atoms with Crippen molar-refractivity contribution in [1.82, 2.24) is 15.2 Å². The molecule has 1 N–H and O–H groups in total. The molecule has 1 saturated heterocycles. The minimum atomic E-state index is 0.658. The van der Waals surface area contributed by atoms with Crippen molar-refractivity contribution in [3.63, 3.8) is 0 Å². The van der Waals surface area contributed by atoms with Gasteiger partial charge >= 0.3 is 0 Å². The third-order valence-corrected chi connectivity index (χ3v) is 4.62. The maximum absolute atomic E-state index is 5.95. The van der Waals surface area contributed by atoms with Crippen LogP contribution in [0.15, 0.2) is 42.7 Å². The fraction of sp³-hybridized carbons (Fsp3) is 0.294. The van der Waals surface area contributed by atoms with E-state index in [1.54, 1.807) is 0 Å². The number of halogens is 1. The van der Waals surface area contributed by atoms with Crippen LogP contribution in [0.3, 0.4) is 0 Å². The lowest BCUT2D eigenvalue weighted by molar-refractivity contribution is 0.586. The van der Waals surface area contributed by atoms with Crippen LogP contribution in [0.5, 0.6) is 0 Å². The van der Waals surface area contributed by atoms with Gasteiger partial charge in [0.1, 0.15) is 5.82 Å². The lowest BCUT2D eigenvalue weighted by Crippen LogP contribution is -2.21. The Morgan fingerprint density at radius 3 is 2.95 bits per heavy atom. The molecule has 112 valence electrons. The smallest absolute Gasteiger partial charge is 0.139 e. The van der Waals surface area contributed by atoms with E-state index in [1.165, 1.54) is 12.0 Å². The normalized spacial score (nSPS) is 18.2. The van der Waals surface area contributed by atoms with E-state index < -0.39 is 0 Å². The predicted molar refractivity (Wildman–Crippen MR) is 89.4 cm³/mol. The van der Waals surface area contributed by atoms with E-state index in [2.05, 4.69) is 32.2 Å². The van der Waals surface area contributed by atoms with Gasteiger partial charge in [-0.1, -0.05) is 23.7 Å². The molecule has 1 unspecified atom stereocenters. The van der Waals surface area contributed by atoms with E-state index in [0.717, 1.165) is 41.3 Å². The molecule has 0 amide bonds. The Hall–Kier alpha value is -2.07. The van der Waals surface area contributed by atoms with Crippen molar-refractivity contribution < 1.29 is 0 Å². The molecule has 0 bridgehead atoms. The van der Waals surface area contributed by atoms with Crippen LogP contribution in [0.25, 0.3) is 10.9 Å². The summed E-state index contributed by atoms with van der Waals surface area (Å²) in [5, 5.41) is 9.04. The largest absolute Gasteiger partial charge is 0.356 e. The Morgan fingerprint density at radius 2 is 2.09 bits per heavy atom. The zero-order valence-electron chi connectivity index (χ0n) is 12.2. The highest BCUT2D eigenvalue weighted by molar-refractivity contribution is 6.30. The van der Waals surface area contributed by atoms with E-state index in [4.69, 9.17) is 11.6 Å². The van der Waals surface area contributed by atoms with Crippen LogP contribution in [0, 0.1) is 5.92 Å². The summed E-state index contributed by atoms with van der Waals surface area (Å²) in [6.45, 7) is 2.09. The molecule has 2 aromatic heterocycles. The minimum Gasteiger partial charge on any atom is -0.356 e. The SMILES string of the molecule is Clc1ccc(CC2CCN(c3nccc4[nH]ncc34)C2)cc1. The van der Waals surface area contributed by atoms with Crippen LogP contribution in [0.4, 0.5) is 5.82 Å². The van der Waals surface area contributed by atoms with Crippen LogP contribution in [0.1, 0.15) is 12.0 Å². The first kappa shape index (κ1) is 13.6. The van der Waals surface area contributed by atoms with Gasteiger partial charge in [0, 0.05) is 24.3 Å². The van der Waals surface area contributed by atoms with E-state index in [-0.39, 0.29) is 0 Å². The molecule has 0 aliphatic carbocycles. The number of anilines is 1. The lowest BCUT2D eigenvalue weighted by atomic mass is 9.99. The van der Waals surface area contributed by atoms with Gasteiger partial charge in [0.2, 0.25) is 0 Å². The fourth-order valence-corrected chi connectivity index (χ4v) is 3.38. The third kappa shape index (κ3) is 2.55. The van der Waals surface area contributed by atoms with Crippen LogP contribution >= 0.6 is 11.6 Å². The number of hydrogen-bond donors (Lipinski definition) is 1. The average Bonchev–Trinajstić information content (AvgIpc) is 3.18. The third-order valence-electron chi connectivity index (χ3n) is 4.37. The topological polar surface area (TPSA) is 44.8 Å². The molecule has 1 aromatic carbocycles. The van der Waals surface area contributed by atoms with Crippen molar-refractivity contribution in [1.29, 1.82) is 0 Å². The number of hydrogen-bond acceptors (Lipinski definition) is 3. The lowest BCUT2D eigenvalue weighted by Gasteiger charge is -2.18. The van der Waals surface area contributed by atoms with Gasteiger partial charge in [0.25, 0.3) is 0 Å². The molecule has 5 heteroatoms. The molecular weight excluding hydrogens is 296 g/mol. The first-order chi connectivity index (χ1) is 10.8. The Morgan fingerprint density at radius 1 is 1.23 bits per heavy atom. The summed E-state index contributed by atoms with van der Waals surface area (Å²) >= 11 is 5.95. The molecule has 4 rings (SSSR count). The number of fused-ring (bicyclic) bond motifs is 1. The van der Waals surface area contributed by atoms with Crippen molar-refractivity contribution in [2.24, 2.45) is 5.92 Å². The molecule has 22 heavy (non-hydrogen) atoms. The van der Waals surface area contributed by atoms with Crippen molar-refractivity contribution in [2.45, 2.75) is 12.8 Å². The van der Waals surface area contributed by atoms with Crippen LogP contribution in [-0.4, -0.2) is 28.3 Å². The summed E-state index contributed by atoms with van der Waals surface area (Å²) in [4.78, 5) is 6.94. The number of pyridine rings is 1. The summed E-state index contributed by atoms with van der Waals surface area (Å²) < 4.78 is 0. The zero-order valence-corrected chi connectivity index (χ0v) is 12.9. The molecule has 1 aliphatic heterocycles. The van der Waals surface area contributed by atoms with Crippen molar-refractivity contribution in [3.05, 3.63) is 53.3 Å². The number of nitrogens with zero attached hydrogens (tertiary/aromatic N) is 3. The number of aromatic amines is 1. The van der Waals surface area contributed by atoms with Gasteiger partial charge in [0.05, 0.1) is 17.1 Å². The van der Waals surface area contributed by atoms with Gasteiger partial charge in [-0.2, -0.15) is 5.10 Å². The first-order valence-corrected chi connectivity index (χ1v) is 7.95. The number of aromatic nitrogens is 3. The van der Waals surface area contributed by atoms with Gasteiger partial charge in [-0.05, 0) is 42.5 Å². The number of benzene rings is 1. The summed E-state index contributed by atoms with van der Waals surface area (Å²) in [5.74, 6) is 1.70. The molecule has 3 aromatic rings. The van der Waals surface area contributed by atoms with Crippen molar-refractivity contribution in [2.75, 3.05) is 18.0 Å². The van der Waals surface area contributed by atoms with Crippen molar-refractivity contribution in [3.8, 4) is 0 Å². The van der Waals surface area contributed by atoms with E-state index in [9.17, 15) is 0 Å². The maximum atomic E-state index is 5.95. The highest BCUT2D eigenvalue weighted by Gasteiger charge is 2.25. The molecule has 4 nitrogen and oxygen atoms in total. The fourth-order valence-electron chi connectivity index (χ4n) is 3.25. The number of nitrogens with one attached hydrogen (secondary N) is 1. The van der Waals surface area contributed by atoms with Crippen LogP contribution in [0.2, 0.25) is 5.02 Å². The second-order valence-corrected chi connectivity index (χ2v) is 6.33. The number of rotatable bonds is 3. The summed E-state index contributed by atoms with van der Waals surface area (Å²) in [7, 11) is 0. The molecule has 0 spiro atoms. The van der Waals surface area contributed by atoms with Crippen LogP contribution in [-0.2, 0) is 6.42 Å². The zero-order chi connectivity index (χ0) is 14.9. The van der Waals surface area contributed by atoms with Gasteiger partial charge < -0.3 is 4.90 Å². The van der Waals surface area contributed by atoms with E-state index >= 15 is 0 Å². The van der Waals surface area contributed by atoms with Gasteiger partial charge in [-0.25, -0.2) is 4.98 Å². The predicted octanol–water partition coefficient (Wildman–Crippen LogP) is 3.68. The molecule has 1 aliphatic rings. The highest BCUT2D eigenvalue weighted by atomic mass is 35.5. The van der Waals surface area contributed by atoms with Crippen LogP contribution < -0.4 is 4.90 Å². The highest BCUT2D eigenvalue weighted by Crippen LogP contribution is 2.29. The maximum Gasteiger partial charge on any atom is 0.139 e. The molecule has 0 saturated carbocycles. The first-order valence-electron chi connectivity index (χ1n) is 7.57. The quantitative estimate of drug-likeness (QED) is 0.802. The Kier molecular flexibility index (Phi) is 3.47. The Balaban J connectivity index is 1.50. The summed E-state index contributed by atoms with van der Waals surface area (Å²) in [6.07, 6.45) is 6.00. The minimum absolute atomic E-state index is 0.658. The van der Waals surface area contributed by atoms with Crippen molar-refractivity contribution >= 4 is 28.3 Å². The summed E-state index contributed by atoms with van der Waals surface area (Å²) in [6, 6.07) is 10.2. The van der Waals surface area contributed by atoms with Gasteiger partial charge in [-0.15, -0.1) is 0 Å².